The van der Waals surface area contributed by atoms with Crippen LogP contribution in [0.15, 0.2) is 42.6 Å². The quantitative estimate of drug-likeness (QED) is 0.550. The van der Waals surface area contributed by atoms with Gasteiger partial charge in [0, 0.05) is 55.0 Å². The van der Waals surface area contributed by atoms with Crippen LogP contribution in [0.1, 0.15) is 28.8 Å². The summed E-state index contributed by atoms with van der Waals surface area (Å²) in [6.45, 7) is 6.48. The van der Waals surface area contributed by atoms with Crippen molar-refractivity contribution >= 4 is 22.6 Å². The Morgan fingerprint density at radius 2 is 1.78 bits per heavy atom. The molecular weight excluding hydrogens is 406 g/mol. The number of piperazine rings is 1. The van der Waals surface area contributed by atoms with Crippen LogP contribution in [0.4, 0.5) is 5.69 Å². The van der Waals surface area contributed by atoms with E-state index in [1.54, 1.807) is 12.1 Å². The Balaban J connectivity index is 1.09. The van der Waals surface area contributed by atoms with E-state index < -0.39 is 5.97 Å². The third kappa shape index (κ3) is 4.39. The summed E-state index contributed by atoms with van der Waals surface area (Å²) >= 11 is 0. The van der Waals surface area contributed by atoms with Crippen LogP contribution >= 0.6 is 0 Å². The molecule has 0 spiro atoms. The Bertz CT molecular complexity index is 1100. The van der Waals surface area contributed by atoms with Crippen LogP contribution in [-0.2, 0) is 6.42 Å². The van der Waals surface area contributed by atoms with E-state index in [0.29, 0.717) is 18.8 Å². The Morgan fingerprint density at radius 1 is 0.969 bits per heavy atom. The molecule has 1 aromatic heterocycles. The van der Waals surface area contributed by atoms with Crippen molar-refractivity contribution in [3.05, 3.63) is 53.7 Å². The lowest BCUT2D eigenvalue weighted by atomic mass is 10.0. The lowest BCUT2D eigenvalue weighted by molar-refractivity contribution is 0.0697. The number of aromatic carboxylic acids is 1. The van der Waals surface area contributed by atoms with Gasteiger partial charge in [0.2, 0.25) is 0 Å². The number of unbranched alkanes of at least 4 members (excludes halogenated alkanes) is 1. The topological polar surface area (TPSA) is 78.0 Å². The van der Waals surface area contributed by atoms with E-state index in [-0.39, 0.29) is 0 Å². The summed E-state index contributed by atoms with van der Waals surface area (Å²) in [7, 11) is 0. The molecule has 2 N–H and O–H groups in total. The van der Waals surface area contributed by atoms with Crippen LogP contribution in [0.25, 0.3) is 10.9 Å². The highest BCUT2D eigenvalue weighted by atomic mass is 16.6. The smallest absolute Gasteiger partial charge is 0.335 e. The monoisotopic (exact) mass is 435 g/mol. The van der Waals surface area contributed by atoms with E-state index in [4.69, 9.17) is 9.47 Å². The molecule has 168 valence electrons. The lowest BCUT2D eigenvalue weighted by Crippen LogP contribution is -2.46. The van der Waals surface area contributed by atoms with Gasteiger partial charge in [-0.3, -0.25) is 4.90 Å². The number of aromatic nitrogens is 1. The van der Waals surface area contributed by atoms with Gasteiger partial charge in [0.25, 0.3) is 0 Å². The van der Waals surface area contributed by atoms with Crippen LogP contribution in [0, 0.1) is 0 Å². The number of carbonyl (C=O) groups is 1. The molecule has 0 saturated carbocycles. The number of H-pyrrole nitrogens is 1. The van der Waals surface area contributed by atoms with Crippen LogP contribution in [0.2, 0.25) is 0 Å². The van der Waals surface area contributed by atoms with Crippen molar-refractivity contribution < 1.29 is 19.4 Å². The molecule has 0 aliphatic carbocycles. The first-order chi connectivity index (χ1) is 15.7. The Morgan fingerprint density at radius 3 is 2.59 bits per heavy atom. The number of aromatic amines is 1. The predicted molar refractivity (Wildman–Crippen MR) is 124 cm³/mol. The molecule has 1 fully saturated rings. The highest BCUT2D eigenvalue weighted by molar-refractivity contribution is 5.94. The van der Waals surface area contributed by atoms with Crippen LogP contribution in [0.5, 0.6) is 11.5 Å². The molecular formula is C25H29N3O4. The molecule has 2 aliphatic heterocycles. The van der Waals surface area contributed by atoms with Crippen molar-refractivity contribution in [2.75, 3.05) is 50.8 Å². The molecule has 0 atom stereocenters. The van der Waals surface area contributed by atoms with Gasteiger partial charge in [-0.1, -0.05) is 0 Å². The van der Waals surface area contributed by atoms with Gasteiger partial charge in [-0.2, -0.15) is 0 Å². The first-order valence-corrected chi connectivity index (χ1v) is 11.4. The second-order valence-corrected chi connectivity index (χ2v) is 8.49. The molecule has 7 heteroatoms. The number of nitrogens with one attached hydrogen (secondary N) is 1. The van der Waals surface area contributed by atoms with Crippen LogP contribution in [0.3, 0.4) is 0 Å². The SMILES string of the molecule is O=C(O)c1ccc2[nH]cc(CCCCN3CCN(c4ccc5c(c4)OCCO5)CC3)c2c1. The third-order valence-electron chi connectivity index (χ3n) is 6.45. The molecule has 0 bridgehead atoms. The number of rotatable bonds is 7. The number of hydrogen-bond donors (Lipinski definition) is 2. The molecule has 5 rings (SSSR count). The second-order valence-electron chi connectivity index (χ2n) is 8.49. The van der Waals surface area contributed by atoms with Gasteiger partial charge >= 0.3 is 5.97 Å². The molecule has 2 aliphatic rings. The number of ether oxygens (including phenoxy) is 2. The molecule has 0 amide bonds. The summed E-state index contributed by atoms with van der Waals surface area (Å²) < 4.78 is 11.3. The molecule has 7 nitrogen and oxygen atoms in total. The molecule has 0 radical (unpaired) electrons. The van der Waals surface area contributed by atoms with E-state index in [9.17, 15) is 9.90 Å². The average molecular weight is 436 g/mol. The molecule has 2 aromatic carbocycles. The largest absolute Gasteiger partial charge is 0.486 e. The van der Waals surface area contributed by atoms with Crippen molar-refractivity contribution in [3.63, 3.8) is 0 Å². The second kappa shape index (κ2) is 9.12. The zero-order valence-corrected chi connectivity index (χ0v) is 18.2. The van der Waals surface area contributed by atoms with Crippen LogP contribution in [-0.4, -0.2) is 66.9 Å². The maximum absolute atomic E-state index is 11.3. The highest BCUT2D eigenvalue weighted by Crippen LogP contribution is 2.34. The lowest BCUT2D eigenvalue weighted by Gasteiger charge is -2.36. The number of benzene rings is 2. The number of hydrogen-bond acceptors (Lipinski definition) is 5. The minimum atomic E-state index is -0.880. The Kier molecular flexibility index (Phi) is 5.90. The van der Waals surface area contributed by atoms with Gasteiger partial charge in [-0.15, -0.1) is 0 Å². The molecule has 0 unspecified atom stereocenters. The summed E-state index contributed by atoms with van der Waals surface area (Å²) in [4.78, 5) is 19.5. The van der Waals surface area contributed by atoms with Gasteiger partial charge in [0.1, 0.15) is 13.2 Å². The normalized spacial score (nSPS) is 16.4. The first kappa shape index (κ1) is 20.7. The summed E-state index contributed by atoms with van der Waals surface area (Å²) in [5.41, 5.74) is 3.75. The third-order valence-corrected chi connectivity index (χ3v) is 6.45. The maximum atomic E-state index is 11.3. The number of nitrogens with zero attached hydrogens (tertiary/aromatic N) is 2. The number of carboxylic acid groups (broad SMARTS) is 1. The number of fused-ring (bicyclic) bond motifs is 2. The first-order valence-electron chi connectivity index (χ1n) is 11.4. The molecule has 32 heavy (non-hydrogen) atoms. The van der Waals surface area contributed by atoms with Crippen LogP contribution < -0.4 is 14.4 Å². The standard InChI is InChI=1S/C25H29N3O4/c29-25(30)18-4-6-22-21(15-18)19(17-26-22)3-1-2-8-27-9-11-28(12-10-27)20-5-7-23-24(16-20)32-14-13-31-23/h4-7,15-17,26H,1-3,8-14H2,(H,29,30). The zero-order chi connectivity index (χ0) is 21.9. The number of anilines is 1. The van der Waals surface area contributed by atoms with Crippen molar-refractivity contribution in [1.82, 2.24) is 9.88 Å². The predicted octanol–water partition coefficient (Wildman–Crippen LogP) is 3.78. The minimum Gasteiger partial charge on any atom is -0.486 e. The number of aryl methyl sites for hydroxylation is 1. The highest BCUT2D eigenvalue weighted by Gasteiger charge is 2.19. The Labute approximate surface area is 187 Å². The zero-order valence-electron chi connectivity index (χ0n) is 18.2. The molecule has 1 saturated heterocycles. The van der Waals surface area contributed by atoms with Crippen molar-refractivity contribution in [2.45, 2.75) is 19.3 Å². The summed E-state index contributed by atoms with van der Waals surface area (Å²) in [6.07, 6.45) is 5.20. The minimum absolute atomic E-state index is 0.342. The van der Waals surface area contributed by atoms with Crippen molar-refractivity contribution in [1.29, 1.82) is 0 Å². The molecule has 3 aromatic rings. The van der Waals surface area contributed by atoms with E-state index in [1.807, 2.05) is 18.3 Å². The van der Waals surface area contributed by atoms with E-state index >= 15 is 0 Å². The van der Waals surface area contributed by atoms with Crippen molar-refractivity contribution in [2.24, 2.45) is 0 Å². The van der Waals surface area contributed by atoms with Gasteiger partial charge in [-0.25, -0.2) is 4.79 Å². The van der Waals surface area contributed by atoms with E-state index in [0.717, 1.165) is 74.4 Å². The summed E-state index contributed by atoms with van der Waals surface area (Å²) in [5, 5.41) is 10.3. The van der Waals surface area contributed by atoms with Gasteiger partial charge in [0.15, 0.2) is 11.5 Å². The van der Waals surface area contributed by atoms with Gasteiger partial charge < -0.3 is 24.5 Å². The fourth-order valence-electron chi connectivity index (χ4n) is 4.63. The molecule has 3 heterocycles. The van der Waals surface area contributed by atoms with Crippen molar-refractivity contribution in [3.8, 4) is 11.5 Å². The average Bonchev–Trinajstić information content (AvgIpc) is 3.24. The summed E-state index contributed by atoms with van der Waals surface area (Å²) in [5.74, 6) is 0.811. The maximum Gasteiger partial charge on any atom is 0.335 e. The Hall–Kier alpha value is -3.19. The summed E-state index contributed by atoms with van der Waals surface area (Å²) in [6, 6.07) is 11.5. The van der Waals surface area contributed by atoms with Gasteiger partial charge in [-0.05, 0) is 61.7 Å². The van der Waals surface area contributed by atoms with E-state index in [1.165, 1.54) is 11.3 Å². The fraction of sp³-hybridized carbons (Fsp3) is 0.400. The number of carboxylic acids is 1. The van der Waals surface area contributed by atoms with Gasteiger partial charge in [0.05, 0.1) is 5.56 Å². The fourth-order valence-corrected chi connectivity index (χ4v) is 4.63. The van der Waals surface area contributed by atoms with E-state index in [2.05, 4.69) is 26.9 Å².